The summed E-state index contributed by atoms with van der Waals surface area (Å²) in [5, 5.41) is 2.20. The summed E-state index contributed by atoms with van der Waals surface area (Å²) in [6, 6.07) is 2.27. The molecule has 0 fully saturated rings. The topological polar surface area (TPSA) is 43.8 Å². The number of imidazole rings is 1. The van der Waals surface area contributed by atoms with Crippen molar-refractivity contribution < 1.29 is 0 Å². The second-order valence-electron chi connectivity index (χ2n) is 4.90. The van der Waals surface area contributed by atoms with Gasteiger partial charge in [0.25, 0.3) is 0 Å². The lowest BCUT2D eigenvalue weighted by atomic mass is 9.82. The van der Waals surface area contributed by atoms with Gasteiger partial charge < -0.3 is 10.3 Å². The van der Waals surface area contributed by atoms with Crippen molar-refractivity contribution in [1.82, 2.24) is 9.55 Å². The van der Waals surface area contributed by atoms with Crippen molar-refractivity contribution in [3.05, 3.63) is 40.1 Å². The van der Waals surface area contributed by atoms with E-state index in [4.69, 9.17) is 5.73 Å². The van der Waals surface area contributed by atoms with Crippen LogP contribution in [0.4, 0.5) is 0 Å². The first-order chi connectivity index (χ1) is 8.81. The Bertz CT molecular complexity index is 529. The smallest absolute Gasteiger partial charge is 0.126 e. The summed E-state index contributed by atoms with van der Waals surface area (Å²) in [6.07, 6.45) is 7.53. The third-order valence-corrected chi connectivity index (χ3v) is 4.91. The second-order valence-corrected chi connectivity index (χ2v) is 5.90. The minimum Gasteiger partial charge on any atom is -0.334 e. The molecule has 2 aromatic heterocycles. The summed E-state index contributed by atoms with van der Waals surface area (Å²) in [6.45, 7) is 3.07. The summed E-state index contributed by atoms with van der Waals surface area (Å²) in [4.78, 5) is 5.99. The number of nitrogens with two attached hydrogens (primary N) is 1. The zero-order chi connectivity index (χ0) is 12.5. The van der Waals surface area contributed by atoms with Crippen LogP contribution in [-0.2, 0) is 13.0 Å². The quantitative estimate of drug-likeness (QED) is 0.922. The van der Waals surface area contributed by atoms with Crippen LogP contribution >= 0.6 is 11.3 Å². The van der Waals surface area contributed by atoms with Gasteiger partial charge in [0.15, 0.2) is 0 Å². The van der Waals surface area contributed by atoms with E-state index in [1.807, 2.05) is 23.7 Å². The average Bonchev–Trinajstić information content (AvgIpc) is 3.05. The third kappa shape index (κ3) is 1.89. The number of rotatable bonds is 3. The Morgan fingerprint density at radius 1 is 1.61 bits per heavy atom. The van der Waals surface area contributed by atoms with Gasteiger partial charge in [-0.25, -0.2) is 4.98 Å². The first-order valence-corrected chi connectivity index (χ1v) is 7.52. The van der Waals surface area contributed by atoms with Crippen LogP contribution in [0, 0.1) is 0 Å². The lowest BCUT2D eigenvalue weighted by molar-refractivity contribution is 0.449. The van der Waals surface area contributed by atoms with Crippen molar-refractivity contribution in [2.75, 3.05) is 0 Å². The van der Waals surface area contributed by atoms with E-state index in [0.29, 0.717) is 5.92 Å². The van der Waals surface area contributed by atoms with E-state index in [1.54, 1.807) is 0 Å². The highest BCUT2D eigenvalue weighted by molar-refractivity contribution is 7.10. The van der Waals surface area contributed by atoms with Gasteiger partial charge in [-0.1, -0.05) is 0 Å². The van der Waals surface area contributed by atoms with Crippen molar-refractivity contribution in [2.24, 2.45) is 5.73 Å². The summed E-state index contributed by atoms with van der Waals surface area (Å²) in [5.41, 5.74) is 7.95. The van der Waals surface area contributed by atoms with Crippen molar-refractivity contribution >= 4 is 11.3 Å². The Labute approximate surface area is 112 Å². The SMILES string of the molecule is CCn1ccnc1C(N)C1CCCc2sccc21. The maximum atomic E-state index is 6.49. The fourth-order valence-corrected chi connectivity index (χ4v) is 3.96. The van der Waals surface area contributed by atoms with Crippen LogP contribution in [0.3, 0.4) is 0 Å². The largest absolute Gasteiger partial charge is 0.334 e. The number of hydrogen-bond acceptors (Lipinski definition) is 3. The maximum Gasteiger partial charge on any atom is 0.126 e. The minimum absolute atomic E-state index is 0.0219. The molecule has 1 aliphatic rings. The number of hydrogen-bond donors (Lipinski definition) is 1. The van der Waals surface area contributed by atoms with Crippen LogP contribution in [0.1, 0.15) is 48.0 Å². The van der Waals surface area contributed by atoms with E-state index in [1.165, 1.54) is 29.7 Å². The Balaban J connectivity index is 1.93. The first-order valence-electron chi connectivity index (χ1n) is 6.64. The van der Waals surface area contributed by atoms with Gasteiger partial charge >= 0.3 is 0 Å². The van der Waals surface area contributed by atoms with Crippen LogP contribution in [0.2, 0.25) is 0 Å². The number of nitrogens with zero attached hydrogens (tertiary/aromatic N) is 2. The van der Waals surface area contributed by atoms with Gasteiger partial charge in [0, 0.05) is 29.7 Å². The molecule has 0 spiro atoms. The number of thiophene rings is 1. The number of fused-ring (bicyclic) bond motifs is 1. The zero-order valence-electron chi connectivity index (χ0n) is 10.7. The van der Waals surface area contributed by atoms with Crippen LogP contribution in [0.15, 0.2) is 23.8 Å². The van der Waals surface area contributed by atoms with Crippen LogP contribution in [0.5, 0.6) is 0 Å². The molecule has 0 amide bonds. The lowest BCUT2D eigenvalue weighted by Gasteiger charge is -2.28. The maximum absolute atomic E-state index is 6.49. The predicted molar refractivity (Wildman–Crippen MR) is 74.8 cm³/mol. The Kier molecular flexibility index (Phi) is 3.22. The third-order valence-electron chi connectivity index (χ3n) is 3.92. The second kappa shape index (κ2) is 4.86. The van der Waals surface area contributed by atoms with Gasteiger partial charge in [0.1, 0.15) is 5.82 Å². The van der Waals surface area contributed by atoms with E-state index in [0.717, 1.165) is 12.4 Å². The van der Waals surface area contributed by atoms with Gasteiger partial charge in [-0.05, 0) is 43.2 Å². The molecule has 0 bridgehead atoms. The fourth-order valence-electron chi connectivity index (χ4n) is 2.96. The molecule has 2 N–H and O–H groups in total. The molecule has 0 saturated carbocycles. The predicted octanol–water partition coefficient (Wildman–Crippen LogP) is 3.08. The highest BCUT2D eigenvalue weighted by Crippen LogP contribution is 2.40. The molecule has 96 valence electrons. The van der Waals surface area contributed by atoms with Crippen molar-refractivity contribution in [3.8, 4) is 0 Å². The summed E-state index contributed by atoms with van der Waals surface area (Å²) in [7, 11) is 0. The summed E-state index contributed by atoms with van der Waals surface area (Å²) in [5.74, 6) is 1.47. The molecule has 0 radical (unpaired) electrons. The van der Waals surface area contributed by atoms with Crippen molar-refractivity contribution in [1.29, 1.82) is 0 Å². The molecule has 0 saturated heterocycles. The molecule has 3 rings (SSSR count). The molecule has 1 aliphatic carbocycles. The van der Waals surface area contributed by atoms with E-state index >= 15 is 0 Å². The molecule has 2 aromatic rings. The molecule has 2 atom stereocenters. The summed E-state index contributed by atoms with van der Waals surface area (Å²) < 4.78 is 2.16. The van der Waals surface area contributed by atoms with Crippen LogP contribution < -0.4 is 5.73 Å². The van der Waals surface area contributed by atoms with Crippen molar-refractivity contribution in [2.45, 2.75) is 44.7 Å². The fraction of sp³-hybridized carbons (Fsp3) is 0.500. The number of aromatic nitrogens is 2. The summed E-state index contributed by atoms with van der Waals surface area (Å²) >= 11 is 1.87. The van der Waals surface area contributed by atoms with E-state index in [9.17, 15) is 0 Å². The Morgan fingerprint density at radius 2 is 2.50 bits per heavy atom. The van der Waals surface area contributed by atoms with Crippen molar-refractivity contribution in [3.63, 3.8) is 0 Å². The lowest BCUT2D eigenvalue weighted by Crippen LogP contribution is -2.25. The molecular formula is C14H19N3S. The molecule has 4 heteroatoms. The Hall–Kier alpha value is -1.13. The van der Waals surface area contributed by atoms with Gasteiger partial charge in [0.2, 0.25) is 0 Å². The molecule has 18 heavy (non-hydrogen) atoms. The number of aryl methyl sites for hydroxylation is 2. The zero-order valence-corrected chi connectivity index (χ0v) is 11.5. The van der Waals surface area contributed by atoms with Crippen LogP contribution in [0.25, 0.3) is 0 Å². The first kappa shape index (κ1) is 11.9. The minimum atomic E-state index is 0.0219. The highest BCUT2D eigenvalue weighted by Gasteiger charge is 2.29. The van der Waals surface area contributed by atoms with Gasteiger partial charge in [-0.2, -0.15) is 0 Å². The molecule has 0 aliphatic heterocycles. The van der Waals surface area contributed by atoms with Gasteiger partial charge in [-0.3, -0.25) is 0 Å². The average molecular weight is 261 g/mol. The standard InChI is InChI=1S/C14H19N3S/c1-2-17-8-7-16-14(17)13(15)11-4-3-5-12-10(11)6-9-18-12/h6-9,11,13H,2-5,15H2,1H3. The molecule has 0 aromatic carbocycles. The molecule has 2 unspecified atom stereocenters. The van der Waals surface area contributed by atoms with Crippen LogP contribution in [-0.4, -0.2) is 9.55 Å². The van der Waals surface area contributed by atoms with E-state index < -0.39 is 0 Å². The van der Waals surface area contributed by atoms with E-state index in [2.05, 4.69) is 27.9 Å². The highest BCUT2D eigenvalue weighted by atomic mass is 32.1. The van der Waals surface area contributed by atoms with Gasteiger partial charge in [-0.15, -0.1) is 11.3 Å². The normalized spacial score (nSPS) is 20.7. The van der Waals surface area contributed by atoms with E-state index in [-0.39, 0.29) is 6.04 Å². The molecular weight excluding hydrogens is 242 g/mol. The molecule has 3 nitrogen and oxygen atoms in total. The Morgan fingerprint density at radius 3 is 3.33 bits per heavy atom. The monoisotopic (exact) mass is 261 g/mol. The molecule has 2 heterocycles. The van der Waals surface area contributed by atoms with Gasteiger partial charge in [0.05, 0.1) is 6.04 Å².